The first-order valence-corrected chi connectivity index (χ1v) is 8.66. The van der Waals surface area contributed by atoms with Gasteiger partial charge >= 0.3 is 0 Å². The van der Waals surface area contributed by atoms with Gasteiger partial charge in [-0.25, -0.2) is 0 Å². The number of hydrogen-bond donors (Lipinski definition) is 1. The van der Waals surface area contributed by atoms with Crippen molar-refractivity contribution in [1.29, 1.82) is 0 Å². The summed E-state index contributed by atoms with van der Waals surface area (Å²) in [4.78, 5) is 4.78. The fourth-order valence-corrected chi connectivity index (χ4v) is 3.86. The van der Waals surface area contributed by atoms with Crippen LogP contribution in [0, 0.1) is 0 Å². The van der Waals surface area contributed by atoms with Gasteiger partial charge < -0.3 is 10.1 Å². The van der Waals surface area contributed by atoms with E-state index in [1.54, 1.807) is 11.8 Å². The van der Waals surface area contributed by atoms with E-state index in [0.29, 0.717) is 13.1 Å². The van der Waals surface area contributed by atoms with Gasteiger partial charge in [-0.15, -0.1) is 0 Å². The van der Waals surface area contributed by atoms with Crippen LogP contribution in [0.15, 0.2) is 52.3 Å². The molecule has 0 saturated heterocycles. The Balaban J connectivity index is 1.88. The van der Waals surface area contributed by atoms with Crippen molar-refractivity contribution in [3.63, 3.8) is 0 Å². The summed E-state index contributed by atoms with van der Waals surface area (Å²) >= 11 is 7.97. The van der Waals surface area contributed by atoms with E-state index in [4.69, 9.17) is 11.6 Å². The first-order chi connectivity index (χ1) is 10.7. The first kappa shape index (κ1) is 15.7. The van der Waals surface area contributed by atoms with Crippen molar-refractivity contribution in [3.8, 4) is 0 Å². The summed E-state index contributed by atoms with van der Waals surface area (Å²) in [5.74, 6) is 0. The van der Waals surface area contributed by atoms with Crippen molar-refractivity contribution < 1.29 is 5.21 Å². The molecule has 3 rings (SSSR count). The minimum Gasteiger partial charge on any atom is -0.340 e. The summed E-state index contributed by atoms with van der Waals surface area (Å²) in [6.45, 7) is 4.11. The molecule has 0 saturated carbocycles. The lowest BCUT2D eigenvalue weighted by atomic mass is 10.2. The van der Waals surface area contributed by atoms with Gasteiger partial charge in [-0.1, -0.05) is 42.4 Å². The Morgan fingerprint density at radius 1 is 1.14 bits per heavy atom. The Hall–Kier alpha value is -1.20. The standard InChI is InChI=1S/C17H19ClN2OS/c1-2-19(21)10-5-11-20-14-6-3-4-7-16(14)22-17-9-8-13(18)12-15(17)20/h3-4,6-9,12,21H,2,5,10-11H2,1H3. The third-order valence-corrected chi connectivity index (χ3v) is 5.12. The van der Waals surface area contributed by atoms with Crippen molar-refractivity contribution in [2.24, 2.45) is 0 Å². The summed E-state index contributed by atoms with van der Waals surface area (Å²) in [5.41, 5.74) is 2.36. The number of hydrogen-bond acceptors (Lipinski definition) is 4. The van der Waals surface area contributed by atoms with E-state index in [1.165, 1.54) is 20.5 Å². The Kier molecular flexibility index (Phi) is 4.93. The quantitative estimate of drug-likeness (QED) is 0.774. The molecule has 0 spiro atoms. The fraction of sp³-hybridized carbons (Fsp3) is 0.294. The summed E-state index contributed by atoms with van der Waals surface area (Å²) < 4.78 is 0. The van der Waals surface area contributed by atoms with Crippen LogP contribution in [0.1, 0.15) is 13.3 Å². The van der Waals surface area contributed by atoms with E-state index in [1.807, 2.05) is 19.1 Å². The molecule has 0 unspecified atom stereocenters. The lowest BCUT2D eigenvalue weighted by Gasteiger charge is -2.33. The zero-order chi connectivity index (χ0) is 15.5. The molecule has 1 heterocycles. The normalized spacial score (nSPS) is 13.2. The van der Waals surface area contributed by atoms with Crippen LogP contribution in [-0.4, -0.2) is 29.9 Å². The van der Waals surface area contributed by atoms with Crippen LogP contribution in [0.4, 0.5) is 11.4 Å². The molecule has 0 radical (unpaired) electrons. The van der Waals surface area contributed by atoms with Crippen molar-refractivity contribution in [1.82, 2.24) is 5.06 Å². The van der Waals surface area contributed by atoms with Crippen LogP contribution >= 0.6 is 23.4 Å². The number of halogens is 1. The lowest BCUT2D eigenvalue weighted by molar-refractivity contribution is -0.0861. The van der Waals surface area contributed by atoms with Gasteiger partial charge in [-0.2, -0.15) is 5.06 Å². The maximum absolute atomic E-state index is 9.61. The molecule has 22 heavy (non-hydrogen) atoms. The molecule has 1 N–H and O–H groups in total. The van der Waals surface area contributed by atoms with Crippen molar-refractivity contribution >= 4 is 34.7 Å². The highest BCUT2D eigenvalue weighted by molar-refractivity contribution is 7.99. The summed E-state index contributed by atoms with van der Waals surface area (Å²) in [5, 5.41) is 11.7. The van der Waals surface area contributed by atoms with Gasteiger partial charge in [0.25, 0.3) is 0 Å². The van der Waals surface area contributed by atoms with Gasteiger partial charge in [0.1, 0.15) is 0 Å². The smallest absolute Gasteiger partial charge is 0.0567 e. The highest BCUT2D eigenvalue weighted by atomic mass is 35.5. The third kappa shape index (κ3) is 3.25. The van der Waals surface area contributed by atoms with Crippen LogP contribution in [0.5, 0.6) is 0 Å². The molecule has 1 aliphatic rings. The minimum absolute atomic E-state index is 0.648. The van der Waals surface area contributed by atoms with Crippen molar-refractivity contribution in [3.05, 3.63) is 47.5 Å². The number of para-hydroxylation sites is 1. The summed E-state index contributed by atoms with van der Waals surface area (Å²) in [6, 6.07) is 14.5. The molecule has 0 atom stereocenters. The predicted molar refractivity (Wildman–Crippen MR) is 92.7 cm³/mol. The maximum atomic E-state index is 9.61. The molecule has 1 aliphatic heterocycles. The topological polar surface area (TPSA) is 26.7 Å². The second-order valence-electron chi connectivity index (χ2n) is 5.23. The van der Waals surface area contributed by atoms with E-state index in [-0.39, 0.29) is 0 Å². The number of benzene rings is 2. The van der Waals surface area contributed by atoms with Gasteiger partial charge in [0.05, 0.1) is 11.4 Å². The maximum Gasteiger partial charge on any atom is 0.0567 e. The highest BCUT2D eigenvalue weighted by Gasteiger charge is 2.23. The molecule has 0 aliphatic carbocycles. The number of nitrogens with zero attached hydrogens (tertiary/aromatic N) is 2. The average Bonchev–Trinajstić information content (AvgIpc) is 2.54. The summed E-state index contributed by atoms with van der Waals surface area (Å²) in [6.07, 6.45) is 0.884. The number of anilines is 2. The Morgan fingerprint density at radius 3 is 2.73 bits per heavy atom. The zero-order valence-electron chi connectivity index (χ0n) is 12.5. The van der Waals surface area contributed by atoms with E-state index < -0.39 is 0 Å². The van der Waals surface area contributed by atoms with Crippen LogP contribution < -0.4 is 4.90 Å². The van der Waals surface area contributed by atoms with E-state index in [9.17, 15) is 5.21 Å². The molecule has 0 aromatic heterocycles. The second-order valence-corrected chi connectivity index (χ2v) is 6.75. The van der Waals surface area contributed by atoms with Crippen LogP contribution in [0.3, 0.4) is 0 Å². The molecule has 3 nitrogen and oxygen atoms in total. The van der Waals surface area contributed by atoms with Gasteiger partial charge in [-0.3, -0.25) is 0 Å². The molecule has 0 amide bonds. The van der Waals surface area contributed by atoms with Gasteiger partial charge in [-0.05, 0) is 36.8 Å². The molecular weight excluding hydrogens is 316 g/mol. The van der Waals surface area contributed by atoms with Crippen LogP contribution in [-0.2, 0) is 0 Å². The number of hydroxylamine groups is 2. The lowest BCUT2D eigenvalue weighted by Crippen LogP contribution is -2.27. The molecule has 2 aromatic carbocycles. The predicted octanol–water partition coefficient (Wildman–Crippen LogP) is 5.04. The van der Waals surface area contributed by atoms with Gasteiger partial charge in [0.2, 0.25) is 0 Å². The first-order valence-electron chi connectivity index (χ1n) is 7.47. The van der Waals surface area contributed by atoms with Crippen LogP contribution in [0.25, 0.3) is 0 Å². The fourth-order valence-electron chi connectivity index (χ4n) is 2.61. The van der Waals surface area contributed by atoms with E-state index in [2.05, 4.69) is 35.2 Å². The molecule has 5 heteroatoms. The van der Waals surface area contributed by atoms with E-state index >= 15 is 0 Å². The minimum atomic E-state index is 0.648. The zero-order valence-corrected chi connectivity index (χ0v) is 14.1. The summed E-state index contributed by atoms with van der Waals surface area (Å²) in [7, 11) is 0. The number of fused-ring (bicyclic) bond motifs is 2. The molecule has 0 bridgehead atoms. The third-order valence-electron chi connectivity index (χ3n) is 3.75. The molecule has 116 valence electrons. The molecule has 2 aromatic rings. The van der Waals surface area contributed by atoms with Gasteiger partial charge in [0, 0.05) is 34.4 Å². The van der Waals surface area contributed by atoms with E-state index in [0.717, 1.165) is 23.7 Å². The largest absolute Gasteiger partial charge is 0.340 e. The Morgan fingerprint density at radius 2 is 1.91 bits per heavy atom. The molecular formula is C17H19ClN2OS. The highest BCUT2D eigenvalue weighted by Crippen LogP contribution is 2.48. The Labute approximate surface area is 140 Å². The Bertz CT molecular complexity index is 665. The average molecular weight is 335 g/mol. The van der Waals surface area contributed by atoms with Crippen molar-refractivity contribution in [2.75, 3.05) is 24.5 Å². The second kappa shape index (κ2) is 6.92. The molecule has 0 fully saturated rings. The monoisotopic (exact) mass is 334 g/mol. The van der Waals surface area contributed by atoms with Crippen LogP contribution in [0.2, 0.25) is 5.02 Å². The van der Waals surface area contributed by atoms with Crippen molar-refractivity contribution in [2.45, 2.75) is 23.1 Å². The SMILES string of the molecule is CCN(O)CCCN1c2ccccc2Sc2ccc(Cl)cc21. The number of rotatable bonds is 5. The van der Waals surface area contributed by atoms with Gasteiger partial charge in [0.15, 0.2) is 0 Å².